The molecule has 2 N–H and O–H groups in total. The molecule has 1 aliphatic carbocycles. The number of hydrogen-bond acceptors (Lipinski definition) is 2. The Balaban J connectivity index is 1.70. The number of piperidine rings is 1. The quantitative estimate of drug-likeness (QED) is 0.748. The number of rotatable bonds is 5. The predicted octanol–water partition coefficient (Wildman–Crippen LogP) is 1.82. The van der Waals surface area contributed by atoms with Crippen LogP contribution in [0.1, 0.15) is 51.9 Å². The standard InChI is InChI=1S/C13H24N2O/c1-2-6-13(7-8-13)10-15-12(16)11-5-3-4-9-14-11/h11,14H,2-10H2,1H3,(H,15,16)/t11-/m1/s1. The summed E-state index contributed by atoms with van der Waals surface area (Å²) in [5.74, 6) is 0.224. The van der Waals surface area contributed by atoms with Crippen LogP contribution in [0.25, 0.3) is 0 Å². The number of carbonyl (C=O) groups is 1. The molecule has 2 fully saturated rings. The molecular weight excluding hydrogens is 200 g/mol. The molecule has 16 heavy (non-hydrogen) atoms. The fourth-order valence-corrected chi connectivity index (χ4v) is 2.70. The van der Waals surface area contributed by atoms with Crippen LogP contribution < -0.4 is 10.6 Å². The Bertz CT molecular complexity index is 242. The summed E-state index contributed by atoms with van der Waals surface area (Å²) in [6.45, 7) is 4.13. The summed E-state index contributed by atoms with van der Waals surface area (Å²) < 4.78 is 0. The van der Waals surface area contributed by atoms with Gasteiger partial charge in [0.2, 0.25) is 5.91 Å². The van der Waals surface area contributed by atoms with E-state index < -0.39 is 0 Å². The van der Waals surface area contributed by atoms with Crippen LogP contribution in [-0.2, 0) is 4.79 Å². The third-order valence-corrected chi connectivity index (χ3v) is 4.00. The number of hydrogen-bond donors (Lipinski definition) is 2. The van der Waals surface area contributed by atoms with E-state index >= 15 is 0 Å². The molecule has 0 spiro atoms. The van der Waals surface area contributed by atoms with Gasteiger partial charge in [-0.3, -0.25) is 4.79 Å². The summed E-state index contributed by atoms with van der Waals surface area (Å²) >= 11 is 0. The molecular formula is C13H24N2O. The largest absolute Gasteiger partial charge is 0.354 e. The molecule has 0 aromatic heterocycles. The van der Waals surface area contributed by atoms with Gasteiger partial charge in [-0.1, -0.05) is 19.8 Å². The molecule has 1 heterocycles. The minimum absolute atomic E-state index is 0.0752. The van der Waals surface area contributed by atoms with Crippen molar-refractivity contribution in [3.63, 3.8) is 0 Å². The molecule has 0 radical (unpaired) electrons. The second kappa shape index (κ2) is 5.17. The van der Waals surface area contributed by atoms with E-state index in [0.717, 1.165) is 19.5 Å². The molecule has 0 aromatic rings. The maximum Gasteiger partial charge on any atom is 0.237 e. The summed E-state index contributed by atoms with van der Waals surface area (Å²) in [6.07, 6.45) is 8.52. The minimum Gasteiger partial charge on any atom is -0.354 e. The lowest BCUT2D eigenvalue weighted by molar-refractivity contribution is -0.123. The Hall–Kier alpha value is -0.570. The van der Waals surface area contributed by atoms with Gasteiger partial charge in [0.05, 0.1) is 6.04 Å². The van der Waals surface area contributed by atoms with Crippen molar-refractivity contribution in [2.45, 2.75) is 57.9 Å². The zero-order chi connectivity index (χ0) is 11.4. The Labute approximate surface area is 98.4 Å². The third-order valence-electron chi connectivity index (χ3n) is 4.00. The summed E-state index contributed by atoms with van der Waals surface area (Å²) in [4.78, 5) is 11.9. The van der Waals surface area contributed by atoms with E-state index in [9.17, 15) is 4.79 Å². The highest BCUT2D eigenvalue weighted by atomic mass is 16.2. The summed E-state index contributed by atoms with van der Waals surface area (Å²) in [7, 11) is 0. The predicted molar refractivity (Wildman–Crippen MR) is 65.2 cm³/mol. The fraction of sp³-hybridized carbons (Fsp3) is 0.923. The normalized spacial score (nSPS) is 27.4. The smallest absolute Gasteiger partial charge is 0.237 e. The Morgan fingerprint density at radius 1 is 1.44 bits per heavy atom. The first-order valence-electron chi connectivity index (χ1n) is 6.77. The van der Waals surface area contributed by atoms with Crippen molar-refractivity contribution in [3.05, 3.63) is 0 Å². The van der Waals surface area contributed by atoms with Crippen molar-refractivity contribution >= 4 is 5.91 Å². The first-order valence-corrected chi connectivity index (χ1v) is 6.77. The summed E-state index contributed by atoms with van der Waals surface area (Å²) in [5, 5.41) is 6.43. The van der Waals surface area contributed by atoms with Crippen LogP contribution in [-0.4, -0.2) is 25.0 Å². The maximum absolute atomic E-state index is 11.9. The molecule has 2 rings (SSSR count). The molecule has 1 atom stereocenters. The van der Waals surface area contributed by atoms with Gasteiger partial charge < -0.3 is 10.6 Å². The highest BCUT2D eigenvalue weighted by Crippen LogP contribution is 2.48. The number of amides is 1. The molecule has 0 unspecified atom stereocenters. The lowest BCUT2D eigenvalue weighted by atomic mass is 10.00. The number of carbonyl (C=O) groups excluding carboxylic acids is 1. The Morgan fingerprint density at radius 3 is 2.81 bits per heavy atom. The van der Waals surface area contributed by atoms with Gasteiger partial charge in [0.25, 0.3) is 0 Å². The average Bonchev–Trinajstić information content (AvgIpc) is 3.08. The van der Waals surface area contributed by atoms with Crippen LogP contribution in [0.4, 0.5) is 0 Å². The molecule has 92 valence electrons. The SMILES string of the molecule is CCCC1(CNC(=O)[C@H]2CCCCN2)CC1. The molecule has 1 saturated carbocycles. The highest BCUT2D eigenvalue weighted by Gasteiger charge is 2.41. The van der Waals surface area contributed by atoms with Gasteiger partial charge in [-0.05, 0) is 44.1 Å². The fourth-order valence-electron chi connectivity index (χ4n) is 2.70. The molecule has 3 heteroatoms. The molecule has 1 amide bonds. The molecule has 2 aliphatic rings. The van der Waals surface area contributed by atoms with Crippen molar-refractivity contribution in [1.82, 2.24) is 10.6 Å². The zero-order valence-electron chi connectivity index (χ0n) is 10.3. The first kappa shape index (κ1) is 11.9. The second-order valence-corrected chi connectivity index (χ2v) is 5.47. The molecule has 1 saturated heterocycles. The van der Waals surface area contributed by atoms with Crippen LogP contribution in [0.5, 0.6) is 0 Å². The van der Waals surface area contributed by atoms with E-state index in [1.54, 1.807) is 0 Å². The van der Waals surface area contributed by atoms with Crippen molar-refractivity contribution < 1.29 is 4.79 Å². The Morgan fingerprint density at radius 2 is 2.25 bits per heavy atom. The van der Waals surface area contributed by atoms with Crippen molar-refractivity contribution in [2.24, 2.45) is 5.41 Å². The van der Waals surface area contributed by atoms with Crippen molar-refractivity contribution in [1.29, 1.82) is 0 Å². The highest BCUT2D eigenvalue weighted by molar-refractivity contribution is 5.81. The third kappa shape index (κ3) is 2.97. The van der Waals surface area contributed by atoms with E-state index in [0.29, 0.717) is 5.41 Å². The molecule has 0 aromatic carbocycles. The van der Waals surface area contributed by atoms with Gasteiger partial charge in [-0.25, -0.2) is 0 Å². The van der Waals surface area contributed by atoms with Gasteiger partial charge in [0.15, 0.2) is 0 Å². The van der Waals surface area contributed by atoms with Gasteiger partial charge in [0, 0.05) is 6.54 Å². The molecule has 0 bridgehead atoms. The Kier molecular flexibility index (Phi) is 3.85. The van der Waals surface area contributed by atoms with E-state index in [1.807, 2.05) is 0 Å². The lowest BCUT2D eigenvalue weighted by Gasteiger charge is -2.24. The second-order valence-electron chi connectivity index (χ2n) is 5.47. The van der Waals surface area contributed by atoms with Gasteiger partial charge in [0.1, 0.15) is 0 Å². The summed E-state index contributed by atoms with van der Waals surface area (Å²) in [5.41, 5.74) is 0.471. The van der Waals surface area contributed by atoms with Crippen molar-refractivity contribution in [2.75, 3.05) is 13.1 Å². The maximum atomic E-state index is 11.9. The monoisotopic (exact) mass is 224 g/mol. The van der Waals surface area contributed by atoms with Crippen LogP contribution in [0.2, 0.25) is 0 Å². The zero-order valence-corrected chi connectivity index (χ0v) is 10.3. The molecule has 3 nitrogen and oxygen atoms in total. The van der Waals surface area contributed by atoms with E-state index in [2.05, 4.69) is 17.6 Å². The van der Waals surface area contributed by atoms with Crippen LogP contribution in [0.3, 0.4) is 0 Å². The number of nitrogens with one attached hydrogen (secondary N) is 2. The minimum atomic E-state index is 0.0752. The van der Waals surface area contributed by atoms with E-state index in [4.69, 9.17) is 0 Å². The van der Waals surface area contributed by atoms with Gasteiger partial charge in [-0.2, -0.15) is 0 Å². The van der Waals surface area contributed by atoms with Crippen LogP contribution in [0, 0.1) is 5.41 Å². The van der Waals surface area contributed by atoms with Gasteiger partial charge in [-0.15, -0.1) is 0 Å². The van der Waals surface area contributed by atoms with Crippen LogP contribution >= 0.6 is 0 Å². The van der Waals surface area contributed by atoms with E-state index in [1.165, 1.54) is 38.5 Å². The van der Waals surface area contributed by atoms with Crippen molar-refractivity contribution in [3.8, 4) is 0 Å². The summed E-state index contributed by atoms with van der Waals surface area (Å²) in [6, 6.07) is 0.0752. The molecule has 1 aliphatic heterocycles. The topological polar surface area (TPSA) is 41.1 Å². The lowest BCUT2D eigenvalue weighted by Crippen LogP contribution is -2.47. The average molecular weight is 224 g/mol. The first-order chi connectivity index (χ1) is 7.76. The van der Waals surface area contributed by atoms with E-state index in [-0.39, 0.29) is 11.9 Å². The van der Waals surface area contributed by atoms with Gasteiger partial charge >= 0.3 is 0 Å². The van der Waals surface area contributed by atoms with Crippen LogP contribution in [0.15, 0.2) is 0 Å².